The fourth-order valence-electron chi connectivity index (χ4n) is 2.27. The lowest BCUT2D eigenvalue weighted by Crippen LogP contribution is -2.31. The van der Waals surface area contributed by atoms with Crippen LogP contribution < -0.4 is 9.47 Å². The Hall–Kier alpha value is -3.16. The summed E-state index contributed by atoms with van der Waals surface area (Å²) in [6.07, 6.45) is 3.09. The molecule has 25 heavy (non-hydrogen) atoms. The monoisotopic (exact) mass is 345 g/mol. The summed E-state index contributed by atoms with van der Waals surface area (Å²) in [7, 11) is 4.70. The van der Waals surface area contributed by atoms with Crippen molar-refractivity contribution in [1.29, 1.82) is 0 Å². The minimum atomic E-state index is -1.29. The van der Waals surface area contributed by atoms with Gasteiger partial charge in [-0.2, -0.15) is 0 Å². The molecule has 8 nitrogen and oxygen atoms in total. The van der Waals surface area contributed by atoms with E-state index < -0.39 is 11.9 Å². The van der Waals surface area contributed by atoms with Crippen molar-refractivity contribution in [2.24, 2.45) is 0 Å². The maximum atomic E-state index is 12.4. The van der Waals surface area contributed by atoms with Crippen LogP contribution in [0.2, 0.25) is 0 Å². The highest BCUT2D eigenvalue weighted by Gasteiger charge is 2.22. The number of methoxy groups -OCH3 is 2. The predicted octanol–water partition coefficient (Wildman–Crippen LogP) is 1.51. The van der Waals surface area contributed by atoms with E-state index in [4.69, 9.17) is 14.6 Å². The van der Waals surface area contributed by atoms with Gasteiger partial charge in [0, 0.05) is 26.0 Å². The molecule has 1 N–H and O–H groups in total. The molecule has 2 rings (SSSR count). The van der Waals surface area contributed by atoms with Crippen LogP contribution in [0.25, 0.3) is 0 Å². The largest absolute Gasteiger partial charge is 0.493 e. The van der Waals surface area contributed by atoms with E-state index in [-0.39, 0.29) is 11.4 Å². The normalized spacial score (nSPS) is 10.2. The number of carboxylic acid groups (broad SMARTS) is 1. The van der Waals surface area contributed by atoms with Crippen LogP contribution in [-0.2, 0) is 6.42 Å². The van der Waals surface area contributed by atoms with Gasteiger partial charge in [0.1, 0.15) is 0 Å². The first-order valence-corrected chi connectivity index (χ1v) is 7.48. The van der Waals surface area contributed by atoms with Gasteiger partial charge >= 0.3 is 5.97 Å². The predicted molar refractivity (Wildman–Crippen MR) is 89.2 cm³/mol. The van der Waals surface area contributed by atoms with Gasteiger partial charge in [-0.05, 0) is 24.1 Å². The van der Waals surface area contributed by atoms with Gasteiger partial charge in [0.15, 0.2) is 22.9 Å². The summed E-state index contributed by atoms with van der Waals surface area (Å²) in [5, 5.41) is 9.11. The Labute approximate surface area is 145 Å². The minimum absolute atomic E-state index is 0.176. The number of carboxylic acids is 1. The number of ether oxygens (including phenoxy) is 2. The first kappa shape index (κ1) is 18.2. The second kappa shape index (κ2) is 8.09. The maximum absolute atomic E-state index is 12.4. The molecule has 1 heterocycles. The lowest BCUT2D eigenvalue weighted by molar-refractivity contribution is 0.0672. The maximum Gasteiger partial charge on any atom is 0.356 e. The topological polar surface area (TPSA) is 102 Å². The quantitative estimate of drug-likeness (QED) is 0.811. The third-order valence-electron chi connectivity index (χ3n) is 3.63. The van der Waals surface area contributed by atoms with Gasteiger partial charge in [-0.3, -0.25) is 4.79 Å². The summed E-state index contributed by atoms with van der Waals surface area (Å²) in [5.74, 6) is -0.548. The fraction of sp³-hybridized carbons (Fsp3) is 0.294. The van der Waals surface area contributed by atoms with Gasteiger partial charge in [0.2, 0.25) is 0 Å². The number of rotatable bonds is 7. The number of likely N-dealkylation sites (N-methyl/N-ethyl adjacent to an activating group) is 1. The Balaban J connectivity index is 2.09. The van der Waals surface area contributed by atoms with E-state index in [1.807, 2.05) is 12.1 Å². The van der Waals surface area contributed by atoms with E-state index >= 15 is 0 Å². The summed E-state index contributed by atoms with van der Waals surface area (Å²) in [6.45, 7) is 0.379. The van der Waals surface area contributed by atoms with Crippen LogP contribution in [0, 0.1) is 0 Å². The smallest absolute Gasteiger partial charge is 0.356 e. The molecule has 132 valence electrons. The molecule has 1 aromatic carbocycles. The van der Waals surface area contributed by atoms with E-state index in [0.29, 0.717) is 24.5 Å². The lowest BCUT2D eigenvalue weighted by atomic mass is 10.1. The Morgan fingerprint density at radius 1 is 1.08 bits per heavy atom. The third-order valence-corrected chi connectivity index (χ3v) is 3.63. The van der Waals surface area contributed by atoms with Crippen LogP contribution in [0.15, 0.2) is 30.6 Å². The SMILES string of the molecule is COc1ccc(CCN(C)C(=O)c2nccnc2C(=O)O)cc1OC. The van der Waals surface area contributed by atoms with Crippen LogP contribution in [0.3, 0.4) is 0 Å². The number of aromatic carboxylic acids is 1. The van der Waals surface area contributed by atoms with Gasteiger partial charge in [-0.25, -0.2) is 14.8 Å². The molecule has 0 radical (unpaired) electrons. The van der Waals surface area contributed by atoms with Gasteiger partial charge in [0.25, 0.3) is 5.91 Å². The van der Waals surface area contributed by atoms with E-state index in [0.717, 1.165) is 5.56 Å². The van der Waals surface area contributed by atoms with Crippen LogP contribution in [0.5, 0.6) is 11.5 Å². The Kier molecular flexibility index (Phi) is 5.89. The van der Waals surface area contributed by atoms with E-state index in [1.165, 1.54) is 17.3 Å². The lowest BCUT2D eigenvalue weighted by Gasteiger charge is -2.17. The van der Waals surface area contributed by atoms with Crippen molar-refractivity contribution in [1.82, 2.24) is 14.9 Å². The minimum Gasteiger partial charge on any atom is -0.493 e. The molecule has 0 unspecified atom stereocenters. The average Bonchev–Trinajstić information content (AvgIpc) is 2.65. The van der Waals surface area contributed by atoms with E-state index in [2.05, 4.69) is 9.97 Å². The van der Waals surface area contributed by atoms with Gasteiger partial charge in [-0.15, -0.1) is 0 Å². The van der Waals surface area contributed by atoms with Crippen LogP contribution in [-0.4, -0.2) is 59.7 Å². The Bertz CT molecular complexity index is 779. The number of carbonyl (C=O) groups excluding carboxylic acids is 1. The Morgan fingerprint density at radius 3 is 2.32 bits per heavy atom. The van der Waals surface area contributed by atoms with Gasteiger partial charge < -0.3 is 19.5 Å². The number of amides is 1. The number of nitrogens with zero attached hydrogens (tertiary/aromatic N) is 3. The number of hydrogen-bond donors (Lipinski definition) is 1. The zero-order chi connectivity index (χ0) is 18.4. The molecule has 0 aliphatic rings. The van der Waals surface area contributed by atoms with Gasteiger partial charge in [0.05, 0.1) is 14.2 Å². The van der Waals surface area contributed by atoms with Crippen molar-refractivity contribution < 1.29 is 24.2 Å². The number of hydrogen-bond acceptors (Lipinski definition) is 6. The summed E-state index contributed by atoms with van der Waals surface area (Å²) < 4.78 is 10.4. The second-order valence-corrected chi connectivity index (χ2v) is 5.22. The molecule has 1 aromatic heterocycles. The molecular weight excluding hydrogens is 326 g/mol. The highest BCUT2D eigenvalue weighted by atomic mass is 16.5. The standard InChI is InChI=1S/C17H19N3O5/c1-20(16(21)14-15(17(22)23)19-8-7-18-14)9-6-11-4-5-12(24-2)13(10-11)25-3/h4-5,7-8,10H,6,9H2,1-3H3,(H,22,23). The van der Waals surface area contributed by atoms with Crippen molar-refractivity contribution in [2.45, 2.75) is 6.42 Å². The van der Waals surface area contributed by atoms with Crippen molar-refractivity contribution in [3.63, 3.8) is 0 Å². The van der Waals surface area contributed by atoms with Gasteiger partial charge in [-0.1, -0.05) is 6.07 Å². The number of aromatic nitrogens is 2. The highest BCUT2D eigenvalue weighted by Crippen LogP contribution is 2.27. The summed E-state index contributed by atoms with van der Waals surface area (Å²) in [4.78, 5) is 32.6. The molecule has 0 fully saturated rings. The summed E-state index contributed by atoms with van der Waals surface area (Å²) in [5.41, 5.74) is 0.421. The first-order chi connectivity index (χ1) is 12.0. The highest BCUT2D eigenvalue weighted by molar-refractivity contribution is 6.01. The average molecular weight is 345 g/mol. The molecule has 0 saturated heterocycles. The van der Waals surface area contributed by atoms with Crippen molar-refractivity contribution in [2.75, 3.05) is 27.8 Å². The molecule has 0 aliphatic carbocycles. The van der Waals surface area contributed by atoms with Crippen LogP contribution in [0.1, 0.15) is 26.5 Å². The van der Waals surface area contributed by atoms with Crippen molar-refractivity contribution in [3.8, 4) is 11.5 Å². The molecule has 8 heteroatoms. The van der Waals surface area contributed by atoms with E-state index in [9.17, 15) is 9.59 Å². The molecule has 1 amide bonds. The zero-order valence-electron chi connectivity index (χ0n) is 14.2. The molecule has 0 spiro atoms. The summed E-state index contributed by atoms with van der Waals surface area (Å²) >= 11 is 0. The molecular formula is C17H19N3O5. The molecule has 2 aromatic rings. The zero-order valence-corrected chi connectivity index (χ0v) is 14.2. The fourth-order valence-corrected chi connectivity index (χ4v) is 2.27. The number of carbonyl (C=O) groups is 2. The molecule has 0 bridgehead atoms. The second-order valence-electron chi connectivity index (χ2n) is 5.22. The van der Waals surface area contributed by atoms with E-state index in [1.54, 1.807) is 27.3 Å². The van der Waals surface area contributed by atoms with Crippen molar-refractivity contribution >= 4 is 11.9 Å². The molecule has 0 atom stereocenters. The van der Waals surface area contributed by atoms with Crippen LogP contribution in [0.4, 0.5) is 0 Å². The van der Waals surface area contributed by atoms with Crippen LogP contribution >= 0.6 is 0 Å². The summed E-state index contributed by atoms with van der Waals surface area (Å²) in [6, 6.07) is 5.51. The van der Waals surface area contributed by atoms with Crippen molar-refractivity contribution in [3.05, 3.63) is 47.5 Å². The Morgan fingerprint density at radius 2 is 1.72 bits per heavy atom. The molecule has 0 saturated carbocycles. The number of benzene rings is 1. The third kappa shape index (κ3) is 4.23. The molecule has 0 aliphatic heterocycles. The first-order valence-electron chi connectivity index (χ1n) is 7.48.